The third-order valence-electron chi connectivity index (χ3n) is 8.70. The molecule has 5 aromatic rings. The van der Waals surface area contributed by atoms with Crippen LogP contribution in [0.2, 0.25) is 25.1 Å². The van der Waals surface area contributed by atoms with Crippen molar-refractivity contribution in [1.82, 2.24) is 10.6 Å². The molecule has 2 aliphatic heterocycles. The van der Waals surface area contributed by atoms with E-state index in [1.807, 2.05) is 0 Å². The number of carboxylic acids is 1. The van der Waals surface area contributed by atoms with E-state index in [4.69, 9.17) is 63.1 Å². The van der Waals surface area contributed by atoms with Crippen molar-refractivity contribution >= 4 is 109 Å². The Morgan fingerprint density at radius 2 is 1.13 bits per heavy atom. The van der Waals surface area contributed by atoms with Crippen LogP contribution in [-0.4, -0.2) is 54.0 Å². The van der Waals surface area contributed by atoms with Crippen molar-refractivity contribution in [2.24, 2.45) is 0 Å². The average Bonchev–Trinajstić information content (AvgIpc) is 3.83. The molecule has 5 aromatic carbocycles. The average molecular weight is 999 g/mol. The van der Waals surface area contributed by atoms with Gasteiger partial charge in [-0.2, -0.15) is 0 Å². The number of nitro benzene ring substituents is 1. The van der Waals surface area contributed by atoms with Crippen molar-refractivity contribution in [2.45, 2.75) is 32.3 Å². The van der Waals surface area contributed by atoms with Gasteiger partial charge in [0, 0.05) is 66.3 Å². The zero-order valence-corrected chi connectivity index (χ0v) is 37.9. The Kier molecular flexibility index (Phi) is 19.5. The maximum absolute atomic E-state index is 11.3. The fraction of sp³-hybridized carbons (Fsp3) is 0.167. The lowest BCUT2D eigenvalue weighted by Crippen LogP contribution is -2.13. The Labute approximate surface area is 383 Å². The van der Waals surface area contributed by atoms with Gasteiger partial charge in [-0.1, -0.05) is 98.2 Å². The SMILES string of the molecule is COC(=O)c1cccc(Cl)c1C.COC(=O)c1cccc(Cl)c1CBr.Cc1c(Cl)cccc1C(=O)O.O=C1NCc2c(Cl)ccc([N+](=O)[O-])c21.O=C1NCc2c(Cl)cccc21. The van der Waals surface area contributed by atoms with E-state index in [0.717, 1.165) is 16.7 Å². The monoisotopic (exact) mass is 995 g/mol. The normalized spacial score (nSPS) is 11.4. The van der Waals surface area contributed by atoms with Gasteiger partial charge in [-0.15, -0.1) is 0 Å². The first-order valence-electron chi connectivity index (χ1n) is 17.4. The standard InChI is InChI=1S/C9H8BrClO2.C9H9ClO2.C8H5ClN2O3.C8H6ClNO.C8H7ClO2/c1-13-9(12)6-3-2-4-8(11)7(6)5-10;1-6-7(9(11)12-2)4-3-5-8(6)10;9-5-1-2-6(11(13)14)7-4(5)3-10-8(7)12;9-7-3-1-2-5-6(7)4-10-8(5)11;1-5-6(8(10)11)3-2-4-7(5)9/h2-4H,5H2,1H3;3-5H,1-2H3;1-2H,3H2,(H,10,12);1-3H,4H2,(H,10,11);2-4H,1H3,(H,10,11). The van der Waals surface area contributed by atoms with Gasteiger partial charge in [0.1, 0.15) is 5.56 Å². The highest BCUT2D eigenvalue weighted by atomic mass is 79.9. The molecule has 7 rings (SSSR count). The molecule has 2 heterocycles. The van der Waals surface area contributed by atoms with Crippen LogP contribution >= 0.6 is 73.9 Å². The molecule has 0 bridgehead atoms. The predicted molar refractivity (Wildman–Crippen MR) is 238 cm³/mol. The summed E-state index contributed by atoms with van der Waals surface area (Å²) in [5.74, 6) is -2.12. The molecule has 0 radical (unpaired) electrons. The lowest BCUT2D eigenvalue weighted by atomic mass is 10.1. The van der Waals surface area contributed by atoms with Crippen molar-refractivity contribution in [3.63, 3.8) is 0 Å². The minimum absolute atomic E-state index is 0.0255. The van der Waals surface area contributed by atoms with Crippen LogP contribution in [0.25, 0.3) is 0 Å². The maximum Gasteiger partial charge on any atom is 0.338 e. The van der Waals surface area contributed by atoms with E-state index in [1.54, 1.807) is 80.6 Å². The van der Waals surface area contributed by atoms with E-state index in [0.29, 0.717) is 64.8 Å². The fourth-order valence-corrected chi connectivity index (χ4v) is 7.26. The molecule has 19 heteroatoms. The summed E-state index contributed by atoms with van der Waals surface area (Å²) < 4.78 is 9.19. The van der Waals surface area contributed by atoms with Gasteiger partial charge in [0.15, 0.2) is 0 Å². The van der Waals surface area contributed by atoms with E-state index < -0.39 is 16.8 Å². The molecule has 0 fully saturated rings. The molecule has 0 spiro atoms. The first kappa shape index (κ1) is 50.1. The number of carboxylic acid groups (broad SMARTS) is 1. The number of nitrogens with zero attached hydrogens (tertiary/aromatic N) is 1. The number of nitrogens with one attached hydrogen (secondary N) is 2. The molecule has 13 nitrogen and oxygen atoms in total. The Morgan fingerprint density at radius 3 is 1.66 bits per heavy atom. The summed E-state index contributed by atoms with van der Waals surface area (Å²) in [4.78, 5) is 65.2. The van der Waals surface area contributed by atoms with Gasteiger partial charge in [-0.05, 0) is 85.1 Å². The second-order valence-electron chi connectivity index (χ2n) is 12.3. The van der Waals surface area contributed by atoms with Crippen molar-refractivity contribution < 1.29 is 43.5 Å². The number of carbonyl (C=O) groups excluding carboxylic acids is 4. The second kappa shape index (κ2) is 23.7. The quantitative estimate of drug-likeness (QED) is 0.0661. The highest BCUT2D eigenvalue weighted by Crippen LogP contribution is 2.32. The zero-order valence-electron chi connectivity index (χ0n) is 32.5. The van der Waals surface area contributed by atoms with Gasteiger partial charge in [-0.3, -0.25) is 19.7 Å². The largest absolute Gasteiger partial charge is 0.478 e. The number of benzene rings is 5. The third kappa shape index (κ3) is 13.1. The van der Waals surface area contributed by atoms with Crippen molar-refractivity contribution in [3.8, 4) is 0 Å². The molecule has 0 unspecified atom stereocenters. The number of carbonyl (C=O) groups is 5. The van der Waals surface area contributed by atoms with E-state index >= 15 is 0 Å². The topological polar surface area (TPSA) is 191 Å². The molecule has 0 aromatic heterocycles. The van der Waals surface area contributed by atoms with Gasteiger partial charge in [0.2, 0.25) is 0 Å². The molecule has 0 saturated carbocycles. The van der Waals surface area contributed by atoms with Crippen LogP contribution in [0, 0.1) is 24.0 Å². The Hall–Kier alpha value is -5.22. The summed E-state index contributed by atoms with van der Waals surface area (Å²) in [5, 5.41) is 27.7. The molecule has 2 aliphatic rings. The number of nitro groups is 1. The Bertz CT molecular complexity index is 2480. The number of amides is 2. The van der Waals surface area contributed by atoms with E-state index in [2.05, 4.69) is 36.0 Å². The number of fused-ring (bicyclic) bond motifs is 2. The van der Waals surface area contributed by atoms with Gasteiger partial charge in [-0.25, -0.2) is 14.4 Å². The first-order chi connectivity index (χ1) is 28.9. The molecular weight excluding hydrogens is 964 g/mol. The van der Waals surface area contributed by atoms with Crippen molar-refractivity contribution in [2.75, 3.05) is 14.2 Å². The predicted octanol–water partition coefficient (Wildman–Crippen LogP) is 10.9. The van der Waals surface area contributed by atoms with Gasteiger partial charge >= 0.3 is 17.9 Å². The zero-order chi connectivity index (χ0) is 45.6. The molecule has 3 N–H and O–H groups in total. The van der Waals surface area contributed by atoms with Gasteiger partial charge in [0.25, 0.3) is 17.5 Å². The molecule has 320 valence electrons. The van der Waals surface area contributed by atoms with Crippen LogP contribution in [0.4, 0.5) is 5.69 Å². The molecule has 0 saturated heterocycles. The Morgan fingerprint density at radius 1 is 0.672 bits per heavy atom. The van der Waals surface area contributed by atoms with E-state index in [9.17, 15) is 34.1 Å². The highest BCUT2D eigenvalue weighted by molar-refractivity contribution is 9.08. The van der Waals surface area contributed by atoms with Crippen molar-refractivity contribution in [3.05, 3.63) is 176 Å². The number of ether oxygens (including phenoxy) is 2. The van der Waals surface area contributed by atoms with Crippen LogP contribution in [0.3, 0.4) is 0 Å². The van der Waals surface area contributed by atoms with Gasteiger partial charge in [0.05, 0.1) is 35.8 Å². The number of esters is 2. The van der Waals surface area contributed by atoms with E-state index in [1.165, 1.54) is 32.4 Å². The second-order valence-corrected chi connectivity index (χ2v) is 14.9. The lowest BCUT2D eigenvalue weighted by Gasteiger charge is -2.06. The minimum Gasteiger partial charge on any atom is -0.478 e. The number of alkyl halides is 1. The first-order valence-corrected chi connectivity index (χ1v) is 20.4. The van der Waals surface area contributed by atoms with Crippen LogP contribution in [0.1, 0.15) is 79.6 Å². The van der Waals surface area contributed by atoms with Gasteiger partial charge < -0.3 is 25.2 Å². The summed E-state index contributed by atoms with van der Waals surface area (Å²) in [6, 6.07) is 23.2. The number of hydrogen-bond acceptors (Lipinski definition) is 9. The van der Waals surface area contributed by atoms with E-state index in [-0.39, 0.29) is 41.2 Å². The lowest BCUT2D eigenvalue weighted by molar-refractivity contribution is -0.385. The summed E-state index contributed by atoms with van der Waals surface area (Å²) >= 11 is 32.3. The summed E-state index contributed by atoms with van der Waals surface area (Å²) in [5.41, 5.74) is 5.43. The van der Waals surface area contributed by atoms with Crippen molar-refractivity contribution in [1.29, 1.82) is 0 Å². The number of methoxy groups -OCH3 is 2. The number of hydrogen-bond donors (Lipinski definition) is 3. The smallest absolute Gasteiger partial charge is 0.338 e. The number of aromatic carboxylic acids is 1. The summed E-state index contributed by atoms with van der Waals surface area (Å²) in [7, 11) is 2.70. The minimum atomic E-state index is -0.940. The molecule has 61 heavy (non-hydrogen) atoms. The molecular formula is C42H35BrCl5N3O10. The number of rotatable bonds is 5. The fourth-order valence-electron chi connectivity index (χ4n) is 5.43. The summed E-state index contributed by atoms with van der Waals surface area (Å²) in [6.07, 6.45) is 0. The van der Waals surface area contributed by atoms with Crippen LogP contribution in [0.15, 0.2) is 84.9 Å². The van der Waals surface area contributed by atoms with Crippen LogP contribution < -0.4 is 10.6 Å². The molecule has 2 amide bonds. The van der Waals surface area contributed by atoms with Crippen LogP contribution in [-0.2, 0) is 27.9 Å². The third-order valence-corrected chi connectivity index (χ3v) is 11.1. The van der Waals surface area contributed by atoms with Crippen LogP contribution in [0.5, 0.6) is 0 Å². The maximum atomic E-state index is 11.3. The highest BCUT2D eigenvalue weighted by Gasteiger charge is 2.30. The molecule has 0 atom stereocenters. The number of halogens is 6. The Balaban J connectivity index is 0.000000204. The molecule has 0 aliphatic carbocycles. The summed E-state index contributed by atoms with van der Waals surface area (Å²) in [6.45, 7) is 4.29.